The summed E-state index contributed by atoms with van der Waals surface area (Å²) in [5.74, 6) is -0.155. The van der Waals surface area contributed by atoms with Crippen LogP contribution in [0.5, 0.6) is 0 Å². The minimum absolute atomic E-state index is 0.207. The molecule has 2 aliphatic rings. The normalized spacial score (nSPS) is 17.9. The summed E-state index contributed by atoms with van der Waals surface area (Å²) in [6.45, 7) is 1.88. The second-order valence-electron chi connectivity index (χ2n) is 7.39. The molecule has 1 aliphatic heterocycles. The van der Waals surface area contributed by atoms with Crippen molar-refractivity contribution in [2.45, 2.75) is 41.9 Å². The molecule has 0 radical (unpaired) electrons. The largest absolute Gasteiger partial charge is 0.337 e. The van der Waals surface area contributed by atoms with Crippen molar-refractivity contribution in [3.8, 4) is 0 Å². The topological polar surface area (TPSA) is 54.2 Å². The second-order valence-corrected chi connectivity index (χ2v) is 8.68. The Morgan fingerprint density at radius 3 is 2.71 bits per heavy atom. The van der Waals surface area contributed by atoms with Crippen molar-refractivity contribution in [1.29, 1.82) is 0 Å². The van der Waals surface area contributed by atoms with E-state index < -0.39 is 5.82 Å². The zero-order chi connectivity index (χ0) is 19.1. The number of aromatic nitrogens is 3. The van der Waals surface area contributed by atoms with Crippen LogP contribution >= 0.6 is 11.8 Å². The van der Waals surface area contributed by atoms with Gasteiger partial charge in [-0.15, -0.1) is 0 Å². The highest BCUT2D eigenvalue weighted by molar-refractivity contribution is 7.99. The number of fused-ring (bicyclic) bond motifs is 1. The Morgan fingerprint density at radius 1 is 1.14 bits per heavy atom. The number of halogens is 2. The first-order valence-electron chi connectivity index (χ1n) is 9.66. The summed E-state index contributed by atoms with van der Waals surface area (Å²) >= 11 is 1.50. The minimum atomic E-state index is -0.439. The third kappa shape index (κ3) is 3.46. The van der Waals surface area contributed by atoms with E-state index in [1.807, 2.05) is 0 Å². The predicted molar refractivity (Wildman–Crippen MR) is 106 cm³/mol. The summed E-state index contributed by atoms with van der Waals surface area (Å²) in [5.41, 5.74) is 2.24. The number of anilines is 2. The van der Waals surface area contributed by atoms with Gasteiger partial charge >= 0.3 is 0 Å². The molecule has 1 aromatic carbocycles. The summed E-state index contributed by atoms with van der Waals surface area (Å²) in [6, 6.07) is 6.01. The molecule has 0 spiro atoms. The zero-order valence-corrected chi connectivity index (χ0v) is 16.1. The number of rotatable bonds is 5. The van der Waals surface area contributed by atoms with Crippen molar-refractivity contribution in [3.63, 3.8) is 0 Å². The van der Waals surface area contributed by atoms with Crippen molar-refractivity contribution in [2.24, 2.45) is 0 Å². The summed E-state index contributed by atoms with van der Waals surface area (Å²) in [6.07, 6.45) is 5.99. The maximum Gasteiger partial charge on any atom is 0.198 e. The van der Waals surface area contributed by atoms with E-state index in [1.54, 1.807) is 18.3 Å². The monoisotopic (exact) mass is 401 g/mol. The third-order valence-corrected chi connectivity index (χ3v) is 6.55. The molecule has 8 heteroatoms. The highest BCUT2D eigenvalue weighted by Crippen LogP contribution is 2.43. The molecular formula is C20H21F2N5S. The van der Waals surface area contributed by atoms with Crippen LogP contribution in [-0.4, -0.2) is 32.9 Å². The Morgan fingerprint density at radius 2 is 1.96 bits per heavy atom. The van der Waals surface area contributed by atoms with Crippen molar-refractivity contribution < 1.29 is 8.78 Å². The fourth-order valence-electron chi connectivity index (χ4n) is 3.61. The Labute approximate surface area is 165 Å². The average Bonchev–Trinajstić information content (AvgIpc) is 3.46. The number of nitrogens with zero attached hydrogens (tertiary/aromatic N) is 3. The van der Waals surface area contributed by atoms with Crippen molar-refractivity contribution in [2.75, 3.05) is 18.4 Å². The van der Waals surface area contributed by atoms with Gasteiger partial charge in [0.2, 0.25) is 0 Å². The number of benzene rings is 1. The number of nitrogens with one attached hydrogen (secondary N) is 2. The highest BCUT2D eigenvalue weighted by atomic mass is 32.2. The van der Waals surface area contributed by atoms with E-state index in [1.165, 1.54) is 28.4 Å². The van der Waals surface area contributed by atoms with Gasteiger partial charge < -0.3 is 10.6 Å². The van der Waals surface area contributed by atoms with E-state index in [0.717, 1.165) is 44.3 Å². The van der Waals surface area contributed by atoms with Crippen LogP contribution in [0.1, 0.15) is 37.2 Å². The van der Waals surface area contributed by atoms with Crippen LogP contribution in [-0.2, 0) is 0 Å². The van der Waals surface area contributed by atoms with E-state index in [4.69, 9.17) is 0 Å². The first-order chi connectivity index (χ1) is 13.7. The van der Waals surface area contributed by atoms with Gasteiger partial charge in [0, 0.05) is 16.5 Å². The maximum atomic E-state index is 15.5. The Hall–Kier alpha value is -2.19. The molecule has 0 unspecified atom stereocenters. The Balaban J connectivity index is 1.58. The lowest BCUT2D eigenvalue weighted by molar-refractivity contribution is 0.528. The van der Waals surface area contributed by atoms with Crippen LogP contribution in [0.25, 0.3) is 5.65 Å². The Kier molecular flexibility index (Phi) is 4.68. The molecular weight excluding hydrogens is 380 g/mol. The van der Waals surface area contributed by atoms with Gasteiger partial charge in [-0.1, -0.05) is 17.8 Å². The van der Waals surface area contributed by atoms with E-state index in [9.17, 15) is 4.39 Å². The Bertz CT molecular complexity index is 1010. The van der Waals surface area contributed by atoms with Crippen LogP contribution in [0, 0.1) is 11.6 Å². The van der Waals surface area contributed by atoms with E-state index >= 15 is 4.39 Å². The first kappa shape index (κ1) is 17.9. The van der Waals surface area contributed by atoms with Gasteiger partial charge in [0.25, 0.3) is 0 Å². The summed E-state index contributed by atoms with van der Waals surface area (Å²) < 4.78 is 30.6. The van der Waals surface area contributed by atoms with E-state index in [2.05, 4.69) is 20.7 Å². The summed E-state index contributed by atoms with van der Waals surface area (Å²) in [7, 11) is 0. The molecule has 0 atom stereocenters. The standard InChI is InChI=1S/C20H21F2N5S/c21-13-2-1-3-14(10-13)25-19-17(22)20(28-15-6-8-23-9-7-15)26-18-16(12-4-5-12)11-24-27(18)19/h1-3,10-12,15,23,25H,4-9H2. The molecule has 3 aromatic rings. The van der Waals surface area contributed by atoms with Crippen LogP contribution < -0.4 is 10.6 Å². The third-order valence-electron chi connectivity index (χ3n) is 5.26. The lowest BCUT2D eigenvalue weighted by Gasteiger charge is -2.22. The molecule has 2 fully saturated rings. The number of piperidine rings is 1. The van der Waals surface area contributed by atoms with Crippen LogP contribution in [0.2, 0.25) is 0 Å². The minimum Gasteiger partial charge on any atom is -0.337 e. The molecule has 1 saturated heterocycles. The number of hydrogen-bond donors (Lipinski definition) is 2. The molecule has 2 aromatic heterocycles. The molecule has 0 bridgehead atoms. The van der Waals surface area contributed by atoms with Gasteiger partial charge in [0.15, 0.2) is 17.3 Å². The number of thioether (sulfide) groups is 1. The first-order valence-corrected chi connectivity index (χ1v) is 10.5. The van der Waals surface area contributed by atoms with Crippen LogP contribution in [0.4, 0.5) is 20.3 Å². The maximum absolute atomic E-state index is 15.5. The molecule has 0 amide bonds. The van der Waals surface area contributed by atoms with Gasteiger partial charge in [-0.05, 0) is 62.9 Å². The molecule has 1 aliphatic carbocycles. The molecule has 28 heavy (non-hydrogen) atoms. The summed E-state index contributed by atoms with van der Waals surface area (Å²) in [5, 5.41) is 11.5. The fourth-order valence-corrected chi connectivity index (χ4v) is 4.74. The molecule has 2 N–H and O–H groups in total. The van der Waals surface area contributed by atoms with Gasteiger partial charge in [0.05, 0.1) is 6.20 Å². The van der Waals surface area contributed by atoms with Gasteiger partial charge in [0.1, 0.15) is 10.8 Å². The summed E-state index contributed by atoms with van der Waals surface area (Å²) in [4.78, 5) is 4.66. The van der Waals surface area contributed by atoms with Crippen molar-refractivity contribution in [1.82, 2.24) is 19.9 Å². The van der Waals surface area contributed by atoms with Gasteiger partial charge in [-0.3, -0.25) is 0 Å². The quantitative estimate of drug-likeness (QED) is 0.618. The molecule has 5 nitrogen and oxygen atoms in total. The molecule has 146 valence electrons. The highest BCUT2D eigenvalue weighted by Gasteiger charge is 2.30. The van der Waals surface area contributed by atoms with Crippen molar-refractivity contribution >= 4 is 28.9 Å². The van der Waals surface area contributed by atoms with E-state index in [0.29, 0.717) is 27.5 Å². The number of hydrogen-bond acceptors (Lipinski definition) is 5. The lowest BCUT2D eigenvalue weighted by Crippen LogP contribution is -2.29. The average molecular weight is 401 g/mol. The smallest absolute Gasteiger partial charge is 0.198 e. The fraction of sp³-hybridized carbons (Fsp3) is 0.400. The molecule has 1 saturated carbocycles. The SMILES string of the molecule is Fc1cccc(Nc2c(F)c(SC3CCNCC3)nc3c(C4CC4)cnn23)c1. The van der Waals surface area contributed by atoms with Crippen LogP contribution in [0.15, 0.2) is 35.5 Å². The van der Waals surface area contributed by atoms with Crippen LogP contribution in [0.3, 0.4) is 0 Å². The molecule has 3 heterocycles. The second kappa shape index (κ2) is 7.33. The molecule has 5 rings (SSSR count). The van der Waals surface area contributed by atoms with E-state index in [-0.39, 0.29) is 11.6 Å². The van der Waals surface area contributed by atoms with Gasteiger partial charge in [-0.25, -0.2) is 9.37 Å². The van der Waals surface area contributed by atoms with Gasteiger partial charge in [-0.2, -0.15) is 14.0 Å². The zero-order valence-electron chi connectivity index (χ0n) is 15.3. The lowest BCUT2D eigenvalue weighted by atomic mass is 10.2. The van der Waals surface area contributed by atoms with Crippen molar-refractivity contribution in [3.05, 3.63) is 47.7 Å². The predicted octanol–water partition coefficient (Wildman–Crippen LogP) is 4.47.